The average molecular weight is 801 g/mol. The first kappa shape index (κ1) is 37.7. The second-order valence-corrected chi connectivity index (χ2v) is 17.6. The molecule has 3 fully saturated rings. The third-order valence-corrected chi connectivity index (χ3v) is 11.2. The molecule has 4 aromatic rings. The van der Waals surface area contributed by atoms with E-state index in [4.69, 9.17) is 23.4 Å². The van der Waals surface area contributed by atoms with E-state index in [1.807, 2.05) is 4.90 Å². The van der Waals surface area contributed by atoms with Crippen molar-refractivity contribution < 1.29 is 54.7 Å². The Morgan fingerprint density at radius 1 is 1.05 bits per heavy atom. The third kappa shape index (κ3) is 6.84. The number of hydrogen-bond acceptors (Lipinski definition) is 12. The smallest absolute Gasteiger partial charge is 0.412 e. The topological polar surface area (TPSA) is 183 Å². The lowest BCUT2D eigenvalue weighted by Gasteiger charge is -2.47. The third-order valence-electron chi connectivity index (χ3n) is 10.6. The van der Waals surface area contributed by atoms with Gasteiger partial charge < -0.3 is 24.2 Å². The van der Waals surface area contributed by atoms with E-state index in [0.717, 1.165) is 12.3 Å². The molecule has 15 nitrogen and oxygen atoms in total. The number of halogens is 3. The molecule has 2 amide bonds. The van der Waals surface area contributed by atoms with E-state index in [1.54, 1.807) is 27.7 Å². The largest absolute Gasteiger partial charge is 0.472 e. The van der Waals surface area contributed by atoms with Crippen molar-refractivity contribution in [2.24, 2.45) is 5.41 Å². The van der Waals surface area contributed by atoms with Gasteiger partial charge in [0.25, 0.3) is 10.1 Å². The highest BCUT2D eigenvalue weighted by Gasteiger charge is 2.53. The van der Waals surface area contributed by atoms with Crippen molar-refractivity contribution in [1.29, 1.82) is 0 Å². The normalized spacial score (nSPS) is 22.4. The lowest BCUT2D eigenvalue weighted by Crippen LogP contribution is -2.64. The number of amides is 2. The number of ether oxygens (including phenoxy) is 3. The molecule has 4 aliphatic rings. The summed E-state index contributed by atoms with van der Waals surface area (Å²) in [7, 11) is -3.74. The van der Waals surface area contributed by atoms with Crippen LogP contribution in [0.2, 0.25) is 0 Å². The summed E-state index contributed by atoms with van der Waals surface area (Å²) in [4.78, 5) is 42.3. The van der Waals surface area contributed by atoms with Crippen LogP contribution >= 0.6 is 0 Å². The number of nitrogens with zero attached hydrogens (tertiary/aromatic N) is 5. The van der Waals surface area contributed by atoms with Gasteiger partial charge in [-0.3, -0.25) is 14.4 Å². The summed E-state index contributed by atoms with van der Waals surface area (Å²) < 4.78 is 94.4. The van der Waals surface area contributed by atoms with E-state index in [-0.39, 0.29) is 70.4 Å². The first-order chi connectivity index (χ1) is 26.3. The number of fused-ring (bicyclic) bond motifs is 6. The number of carbonyl (C=O) groups excluding carboxylic acids is 1. The molecule has 8 rings (SSSR count). The van der Waals surface area contributed by atoms with Gasteiger partial charge in [-0.05, 0) is 77.0 Å². The number of carboxylic acid groups (broad SMARTS) is 1. The molecule has 0 radical (unpaired) electrons. The Hall–Kier alpha value is -5.17. The van der Waals surface area contributed by atoms with Crippen molar-refractivity contribution in [2.75, 3.05) is 36.2 Å². The van der Waals surface area contributed by atoms with Crippen LogP contribution in [0.1, 0.15) is 53.4 Å². The van der Waals surface area contributed by atoms with Crippen molar-refractivity contribution >= 4 is 55.5 Å². The van der Waals surface area contributed by atoms with E-state index in [2.05, 4.69) is 15.3 Å². The van der Waals surface area contributed by atoms with Gasteiger partial charge in [-0.15, -0.1) is 0 Å². The van der Waals surface area contributed by atoms with Gasteiger partial charge in [0.05, 0.1) is 37.6 Å². The second-order valence-electron chi connectivity index (χ2n) is 16.0. The van der Waals surface area contributed by atoms with Gasteiger partial charge in [-0.2, -0.15) is 18.4 Å². The molecule has 298 valence electrons. The average Bonchev–Trinajstić information content (AvgIpc) is 3.83. The Bertz CT molecular complexity index is 2430. The highest BCUT2D eigenvalue weighted by molar-refractivity contribution is 7.85. The van der Waals surface area contributed by atoms with Crippen LogP contribution in [0.5, 0.6) is 11.9 Å². The maximum atomic E-state index is 17.4. The van der Waals surface area contributed by atoms with Crippen LogP contribution in [-0.2, 0) is 19.0 Å². The van der Waals surface area contributed by atoms with E-state index in [0.29, 0.717) is 25.7 Å². The van der Waals surface area contributed by atoms with Crippen LogP contribution in [0, 0.1) is 22.9 Å². The SMILES string of the molecule is CC1Oc2nc(-c3cc(NC(=O)OC(C)(C)C)cc4ccc(F)c(F)c34)c(F)c3nc(OCC4(COS(C)(=O)=O)CC4)nc(c23)N2CC3CCC(C12)N3C(=O)O. The monoisotopic (exact) mass is 800 g/mol. The van der Waals surface area contributed by atoms with Crippen molar-refractivity contribution in [3.8, 4) is 23.1 Å². The standard InChI is InChI=1S/C37H39F3N6O9S/c1-17-30-23-9-7-20(46(23)35(48)49)14-45(30)31-25-29(43-33(44-31)52-15-37(10-11-37)16-53-56(5,50)51)27(40)28(42-32(25)54-17)21-13-19(41-34(47)55-36(2,3)4)12-18-6-8-22(38)26(39)24(18)21/h6,8,12-13,17,20,23,30H,7,9-11,14-16H2,1-5H3,(H,41,47)(H,48,49). The molecule has 19 heteroatoms. The number of pyridine rings is 1. The minimum Gasteiger partial charge on any atom is -0.472 e. The molecule has 1 saturated carbocycles. The summed E-state index contributed by atoms with van der Waals surface area (Å²) in [6, 6.07) is 3.00. The number of benzene rings is 2. The zero-order valence-electron chi connectivity index (χ0n) is 31.1. The molecule has 2 saturated heterocycles. The lowest BCUT2D eigenvalue weighted by molar-refractivity contribution is 0.0634. The minimum absolute atomic E-state index is 0.0525. The van der Waals surface area contributed by atoms with E-state index < -0.39 is 80.7 Å². The fourth-order valence-electron chi connectivity index (χ4n) is 7.99. The maximum Gasteiger partial charge on any atom is 0.412 e. The molecule has 1 aliphatic carbocycles. The second kappa shape index (κ2) is 13.2. The molecule has 3 aliphatic heterocycles. The molecular weight excluding hydrogens is 762 g/mol. The van der Waals surface area contributed by atoms with Gasteiger partial charge in [0.1, 0.15) is 34.1 Å². The zero-order valence-corrected chi connectivity index (χ0v) is 31.9. The van der Waals surface area contributed by atoms with Crippen LogP contribution < -0.4 is 19.7 Å². The summed E-state index contributed by atoms with van der Waals surface area (Å²) in [5.41, 5.74) is -2.53. The number of nitrogens with one attached hydrogen (secondary N) is 1. The van der Waals surface area contributed by atoms with Gasteiger partial charge >= 0.3 is 18.2 Å². The van der Waals surface area contributed by atoms with Gasteiger partial charge in [-0.1, -0.05) is 6.07 Å². The van der Waals surface area contributed by atoms with Crippen LogP contribution in [0.4, 0.5) is 34.3 Å². The summed E-state index contributed by atoms with van der Waals surface area (Å²) in [6.45, 7) is 6.71. The van der Waals surface area contributed by atoms with Crippen LogP contribution in [0.15, 0.2) is 24.3 Å². The van der Waals surface area contributed by atoms with Crippen LogP contribution in [0.3, 0.4) is 0 Å². The Labute approximate surface area is 319 Å². The number of anilines is 2. The number of piperazine rings is 1. The van der Waals surface area contributed by atoms with Crippen LogP contribution in [-0.4, -0.2) is 101 Å². The summed E-state index contributed by atoms with van der Waals surface area (Å²) >= 11 is 0. The molecular formula is C37H39F3N6O9S. The number of aromatic nitrogens is 3. The summed E-state index contributed by atoms with van der Waals surface area (Å²) in [6.07, 6.45) is 0.557. The predicted octanol–water partition coefficient (Wildman–Crippen LogP) is 6.23. The number of carbonyl (C=O) groups is 2. The van der Waals surface area contributed by atoms with Crippen molar-refractivity contribution in [3.05, 3.63) is 41.7 Å². The lowest BCUT2D eigenvalue weighted by atomic mass is 9.98. The van der Waals surface area contributed by atoms with Crippen molar-refractivity contribution in [3.63, 3.8) is 0 Å². The minimum atomic E-state index is -3.74. The molecule has 0 spiro atoms. The van der Waals surface area contributed by atoms with Gasteiger partial charge in [0, 0.05) is 28.6 Å². The molecule has 2 aromatic carbocycles. The zero-order chi connectivity index (χ0) is 40.1. The quantitative estimate of drug-likeness (QED) is 0.192. The van der Waals surface area contributed by atoms with Crippen molar-refractivity contribution in [2.45, 2.75) is 83.2 Å². The predicted molar refractivity (Wildman–Crippen MR) is 196 cm³/mol. The molecule has 5 heterocycles. The summed E-state index contributed by atoms with van der Waals surface area (Å²) in [5.74, 6) is -3.54. The molecule has 4 atom stereocenters. The highest BCUT2D eigenvalue weighted by atomic mass is 32.2. The highest BCUT2D eigenvalue weighted by Crippen LogP contribution is 2.49. The molecule has 2 aromatic heterocycles. The number of rotatable bonds is 8. The molecule has 56 heavy (non-hydrogen) atoms. The molecule has 2 N–H and O–H groups in total. The summed E-state index contributed by atoms with van der Waals surface area (Å²) in [5, 5.41) is 12.6. The van der Waals surface area contributed by atoms with Gasteiger partial charge in [0.2, 0.25) is 5.88 Å². The van der Waals surface area contributed by atoms with Crippen LogP contribution in [0.25, 0.3) is 32.9 Å². The fourth-order valence-corrected chi connectivity index (χ4v) is 8.46. The van der Waals surface area contributed by atoms with Gasteiger partial charge in [0.15, 0.2) is 17.5 Å². The fraction of sp³-hybridized carbons (Fsp3) is 0.486. The van der Waals surface area contributed by atoms with E-state index >= 15 is 8.78 Å². The number of hydrogen-bond donors (Lipinski definition) is 2. The van der Waals surface area contributed by atoms with E-state index in [9.17, 15) is 27.5 Å². The Kier molecular flexibility index (Phi) is 8.90. The molecule has 2 bridgehead atoms. The van der Waals surface area contributed by atoms with E-state index in [1.165, 1.54) is 23.1 Å². The Morgan fingerprint density at radius 2 is 1.80 bits per heavy atom. The first-order valence-electron chi connectivity index (χ1n) is 18.1. The Balaban J connectivity index is 1.31. The first-order valence-corrected chi connectivity index (χ1v) is 19.9. The Morgan fingerprint density at radius 3 is 2.48 bits per heavy atom. The molecule has 4 unspecified atom stereocenters. The van der Waals surface area contributed by atoms with Gasteiger partial charge in [-0.25, -0.2) is 27.7 Å². The van der Waals surface area contributed by atoms with Crippen molar-refractivity contribution in [1.82, 2.24) is 19.9 Å². The maximum absolute atomic E-state index is 17.4.